The van der Waals surface area contributed by atoms with E-state index in [1.807, 2.05) is 30.3 Å². The van der Waals surface area contributed by atoms with Crippen molar-refractivity contribution in [2.24, 2.45) is 0 Å². The molecule has 0 spiro atoms. The lowest BCUT2D eigenvalue weighted by Crippen LogP contribution is -2.44. The highest BCUT2D eigenvalue weighted by Gasteiger charge is 2.22. The van der Waals surface area contributed by atoms with Crippen LogP contribution >= 0.6 is 0 Å². The van der Waals surface area contributed by atoms with Gasteiger partial charge in [0.2, 0.25) is 5.91 Å². The van der Waals surface area contributed by atoms with E-state index in [2.05, 4.69) is 34.5 Å². The molecule has 0 aromatic heterocycles. The van der Waals surface area contributed by atoms with Crippen LogP contribution in [0.4, 0.5) is 5.69 Å². The summed E-state index contributed by atoms with van der Waals surface area (Å²) in [7, 11) is 0. The van der Waals surface area contributed by atoms with E-state index in [4.69, 9.17) is 10.5 Å². The number of nitrogens with one attached hydrogen (secondary N) is 1. The Morgan fingerprint density at radius 3 is 2.65 bits per heavy atom. The molecular formula is C21H27N3O2. The molecule has 5 nitrogen and oxygen atoms in total. The Bertz CT molecular complexity index is 688. The molecule has 1 unspecified atom stereocenters. The lowest BCUT2D eigenvalue weighted by atomic mass is 10.1. The van der Waals surface area contributed by atoms with Crippen molar-refractivity contribution in [2.45, 2.75) is 25.5 Å². The normalized spacial score (nSPS) is 17.8. The smallest absolute Gasteiger partial charge is 0.222 e. The number of anilines is 1. The van der Waals surface area contributed by atoms with Crippen molar-refractivity contribution in [2.75, 3.05) is 32.0 Å². The van der Waals surface area contributed by atoms with Gasteiger partial charge in [-0.3, -0.25) is 9.69 Å². The number of rotatable bonds is 7. The molecule has 0 radical (unpaired) electrons. The number of nitrogen functional groups attached to an aromatic ring is 1. The fraction of sp³-hybridized carbons (Fsp3) is 0.381. The number of carbonyl (C=O) groups is 1. The van der Waals surface area contributed by atoms with Gasteiger partial charge < -0.3 is 15.8 Å². The van der Waals surface area contributed by atoms with Crippen LogP contribution in [-0.4, -0.2) is 43.2 Å². The maximum absolute atomic E-state index is 12.2. The van der Waals surface area contributed by atoms with E-state index in [1.165, 1.54) is 11.1 Å². The molecule has 3 rings (SSSR count). The topological polar surface area (TPSA) is 67.6 Å². The van der Waals surface area contributed by atoms with E-state index in [9.17, 15) is 4.79 Å². The van der Waals surface area contributed by atoms with Crippen LogP contribution in [-0.2, 0) is 22.5 Å². The molecule has 3 N–H and O–H groups in total. The van der Waals surface area contributed by atoms with Gasteiger partial charge in [-0.1, -0.05) is 42.5 Å². The first kappa shape index (κ1) is 18.4. The van der Waals surface area contributed by atoms with Crippen LogP contribution in [0.1, 0.15) is 17.5 Å². The highest BCUT2D eigenvalue weighted by atomic mass is 16.5. The summed E-state index contributed by atoms with van der Waals surface area (Å²) in [5.74, 6) is 0.0482. The number of nitrogens with two attached hydrogens (primary N) is 1. The second-order valence-electron chi connectivity index (χ2n) is 6.76. The summed E-state index contributed by atoms with van der Waals surface area (Å²) in [5, 5.41) is 2.99. The predicted molar refractivity (Wildman–Crippen MR) is 104 cm³/mol. The number of morpholine rings is 1. The molecule has 1 heterocycles. The van der Waals surface area contributed by atoms with Gasteiger partial charge in [0.15, 0.2) is 0 Å². The largest absolute Gasteiger partial charge is 0.399 e. The first-order valence-corrected chi connectivity index (χ1v) is 9.18. The molecule has 1 fully saturated rings. The minimum Gasteiger partial charge on any atom is -0.399 e. The molecule has 0 saturated carbocycles. The number of nitrogens with zero attached hydrogens (tertiary/aromatic N) is 1. The van der Waals surface area contributed by atoms with Gasteiger partial charge in [0.1, 0.15) is 0 Å². The molecule has 2 aromatic rings. The molecule has 1 aliphatic rings. The van der Waals surface area contributed by atoms with Crippen molar-refractivity contribution < 1.29 is 9.53 Å². The van der Waals surface area contributed by atoms with E-state index in [1.54, 1.807) is 0 Å². The maximum Gasteiger partial charge on any atom is 0.222 e. The summed E-state index contributed by atoms with van der Waals surface area (Å²) in [6.07, 6.45) is 1.18. The van der Waals surface area contributed by atoms with Crippen LogP contribution in [0.3, 0.4) is 0 Å². The molecule has 1 aliphatic heterocycles. The Morgan fingerprint density at radius 1 is 1.12 bits per heavy atom. The average molecular weight is 353 g/mol. The third-order valence-corrected chi connectivity index (χ3v) is 4.60. The molecule has 1 atom stereocenters. The Hall–Kier alpha value is -2.37. The number of carbonyl (C=O) groups excluding carboxylic acids is 1. The van der Waals surface area contributed by atoms with E-state index < -0.39 is 0 Å². The van der Waals surface area contributed by atoms with Crippen molar-refractivity contribution in [3.63, 3.8) is 0 Å². The third kappa shape index (κ3) is 5.86. The number of ether oxygens (including phenoxy) is 1. The number of benzene rings is 2. The zero-order valence-electron chi connectivity index (χ0n) is 15.1. The SMILES string of the molecule is Nc1ccc(CCNC(=O)CC2CN(Cc3ccccc3)CCO2)cc1. The van der Waals surface area contributed by atoms with Crippen LogP contribution < -0.4 is 11.1 Å². The van der Waals surface area contributed by atoms with Crippen LogP contribution in [0.25, 0.3) is 0 Å². The van der Waals surface area contributed by atoms with Crippen LogP contribution in [0.15, 0.2) is 54.6 Å². The summed E-state index contributed by atoms with van der Waals surface area (Å²) >= 11 is 0. The van der Waals surface area contributed by atoms with Crippen LogP contribution in [0.2, 0.25) is 0 Å². The molecule has 0 aliphatic carbocycles. The minimum atomic E-state index is -0.0380. The third-order valence-electron chi connectivity index (χ3n) is 4.60. The second kappa shape index (κ2) is 9.36. The van der Waals surface area contributed by atoms with Gasteiger partial charge in [-0.2, -0.15) is 0 Å². The lowest BCUT2D eigenvalue weighted by Gasteiger charge is -2.32. The Morgan fingerprint density at radius 2 is 1.88 bits per heavy atom. The summed E-state index contributed by atoms with van der Waals surface area (Å²) in [4.78, 5) is 14.5. The summed E-state index contributed by atoms with van der Waals surface area (Å²) < 4.78 is 5.78. The van der Waals surface area contributed by atoms with E-state index in [0.717, 1.165) is 31.7 Å². The fourth-order valence-corrected chi connectivity index (χ4v) is 3.20. The van der Waals surface area contributed by atoms with E-state index >= 15 is 0 Å². The standard InChI is InChI=1S/C21H27N3O2/c22-19-8-6-17(7-9-19)10-11-23-21(25)14-20-16-24(12-13-26-20)15-18-4-2-1-3-5-18/h1-9,20H,10-16,22H2,(H,23,25). The molecule has 5 heteroatoms. The van der Waals surface area contributed by atoms with E-state index in [0.29, 0.717) is 19.6 Å². The number of amides is 1. The van der Waals surface area contributed by atoms with Gasteiger partial charge in [-0.05, 0) is 29.7 Å². The second-order valence-corrected chi connectivity index (χ2v) is 6.76. The number of hydrogen-bond donors (Lipinski definition) is 2. The average Bonchev–Trinajstić information content (AvgIpc) is 2.64. The molecule has 26 heavy (non-hydrogen) atoms. The first-order chi connectivity index (χ1) is 12.7. The highest BCUT2D eigenvalue weighted by molar-refractivity contribution is 5.76. The fourth-order valence-electron chi connectivity index (χ4n) is 3.20. The Labute approximate surface area is 155 Å². The summed E-state index contributed by atoms with van der Waals surface area (Å²) in [6, 6.07) is 18.2. The zero-order valence-corrected chi connectivity index (χ0v) is 15.1. The quantitative estimate of drug-likeness (QED) is 0.749. The van der Waals surface area contributed by atoms with Gasteiger partial charge in [0.25, 0.3) is 0 Å². The van der Waals surface area contributed by atoms with Crippen molar-refractivity contribution in [1.82, 2.24) is 10.2 Å². The highest BCUT2D eigenvalue weighted by Crippen LogP contribution is 2.12. The maximum atomic E-state index is 12.2. The van der Waals surface area contributed by atoms with Gasteiger partial charge in [-0.25, -0.2) is 0 Å². The molecular weight excluding hydrogens is 326 g/mol. The van der Waals surface area contributed by atoms with Gasteiger partial charge in [0.05, 0.1) is 19.1 Å². The van der Waals surface area contributed by atoms with Gasteiger partial charge >= 0.3 is 0 Å². The zero-order chi connectivity index (χ0) is 18.2. The van der Waals surface area contributed by atoms with Crippen molar-refractivity contribution in [3.8, 4) is 0 Å². The molecule has 1 saturated heterocycles. The molecule has 2 aromatic carbocycles. The molecule has 1 amide bonds. The summed E-state index contributed by atoms with van der Waals surface area (Å²) in [5.41, 5.74) is 8.90. The monoisotopic (exact) mass is 353 g/mol. The predicted octanol–water partition coefficient (Wildman–Crippen LogP) is 2.22. The first-order valence-electron chi connectivity index (χ1n) is 9.18. The molecule has 138 valence electrons. The molecule has 0 bridgehead atoms. The van der Waals surface area contributed by atoms with E-state index in [-0.39, 0.29) is 12.0 Å². The Kier molecular flexibility index (Phi) is 6.63. The van der Waals surface area contributed by atoms with Gasteiger partial charge in [0, 0.05) is 31.9 Å². The number of hydrogen-bond acceptors (Lipinski definition) is 4. The minimum absolute atomic E-state index is 0.0380. The van der Waals surface area contributed by atoms with Gasteiger partial charge in [-0.15, -0.1) is 0 Å². The van der Waals surface area contributed by atoms with Crippen LogP contribution in [0, 0.1) is 0 Å². The van der Waals surface area contributed by atoms with Crippen molar-refractivity contribution in [3.05, 3.63) is 65.7 Å². The summed E-state index contributed by atoms with van der Waals surface area (Å²) in [6.45, 7) is 3.91. The van der Waals surface area contributed by atoms with Crippen LogP contribution in [0.5, 0.6) is 0 Å². The van der Waals surface area contributed by atoms with Crippen molar-refractivity contribution in [1.29, 1.82) is 0 Å². The Balaban J connectivity index is 1.38. The lowest BCUT2D eigenvalue weighted by molar-refractivity contribution is -0.126. The van der Waals surface area contributed by atoms with Crippen molar-refractivity contribution >= 4 is 11.6 Å².